The van der Waals surface area contributed by atoms with Crippen molar-refractivity contribution >= 4 is 5.91 Å². The van der Waals surface area contributed by atoms with E-state index in [0.29, 0.717) is 6.54 Å². The van der Waals surface area contributed by atoms with Gasteiger partial charge in [0.15, 0.2) is 6.29 Å². The van der Waals surface area contributed by atoms with E-state index in [0.717, 1.165) is 12.8 Å². The maximum Gasteiger partial charge on any atom is 0.219 e. The van der Waals surface area contributed by atoms with Crippen molar-refractivity contribution in [2.45, 2.75) is 38.2 Å². The van der Waals surface area contributed by atoms with E-state index in [1.54, 1.807) is 4.90 Å². The van der Waals surface area contributed by atoms with Gasteiger partial charge in [0.25, 0.3) is 0 Å². The number of rotatable bonds is 0. The second-order valence-corrected chi connectivity index (χ2v) is 3.46. The number of nitrogens with zero attached hydrogens (tertiary/aromatic N) is 1. The van der Waals surface area contributed by atoms with Crippen LogP contribution < -0.4 is 0 Å². The first-order valence-electron chi connectivity index (χ1n) is 4.29. The summed E-state index contributed by atoms with van der Waals surface area (Å²) in [7, 11) is 0. The van der Waals surface area contributed by atoms with Gasteiger partial charge in [0, 0.05) is 13.5 Å². The maximum absolute atomic E-state index is 11.1. The van der Waals surface area contributed by atoms with Crippen molar-refractivity contribution < 1.29 is 14.6 Å². The Hall–Kier alpha value is -0.610. The lowest BCUT2D eigenvalue weighted by Crippen LogP contribution is -2.60. The fourth-order valence-electron chi connectivity index (χ4n) is 2.02. The van der Waals surface area contributed by atoms with Gasteiger partial charge in [0.2, 0.25) is 5.91 Å². The number of fused-ring (bicyclic) bond motifs is 3. The van der Waals surface area contributed by atoms with E-state index in [-0.39, 0.29) is 18.1 Å². The zero-order chi connectivity index (χ0) is 8.72. The molecular weight excluding hydrogens is 158 g/mol. The summed E-state index contributed by atoms with van der Waals surface area (Å²) >= 11 is 0. The molecule has 12 heavy (non-hydrogen) atoms. The summed E-state index contributed by atoms with van der Waals surface area (Å²) in [6, 6.07) is -0.104. The van der Waals surface area contributed by atoms with Crippen LogP contribution in [0.25, 0.3) is 0 Å². The fraction of sp³-hybridized carbons (Fsp3) is 0.875. The predicted molar refractivity (Wildman–Crippen MR) is 41.3 cm³/mol. The number of aliphatic hydroxyl groups is 1. The molecule has 3 rings (SSSR count). The topological polar surface area (TPSA) is 49.8 Å². The van der Waals surface area contributed by atoms with E-state index in [4.69, 9.17) is 4.74 Å². The highest BCUT2D eigenvalue weighted by Crippen LogP contribution is 2.29. The van der Waals surface area contributed by atoms with Crippen LogP contribution in [-0.2, 0) is 9.53 Å². The molecule has 4 nitrogen and oxygen atoms in total. The monoisotopic (exact) mass is 171 g/mol. The van der Waals surface area contributed by atoms with Crippen molar-refractivity contribution in [2.24, 2.45) is 0 Å². The lowest BCUT2D eigenvalue weighted by atomic mass is 9.96. The molecule has 1 unspecified atom stereocenters. The van der Waals surface area contributed by atoms with Crippen LogP contribution >= 0.6 is 0 Å². The third kappa shape index (κ3) is 1.11. The first kappa shape index (κ1) is 8.01. The molecule has 1 amide bonds. The number of morpholine rings is 1. The second-order valence-electron chi connectivity index (χ2n) is 3.46. The number of ether oxygens (including phenoxy) is 1. The van der Waals surface area contributed by atoms with E-state index in [2.05, 4.69) is 0 Å². The first-order chi connectivity index (χ1) is 5.68. The summed E-state index contributed by atoms with van der Waals surface area (Å²) in [4.78, 5) is 12.8. The molecule has 0 aliphatic carbocycles. The fourth-order valence-corrected chi connectivity index (χ4v) is 2.02. The molecule has 68 valence electrons. The smallest absolute Gasteiger partial charge is 0.219 e. The van der Waals surface area contributed by atoms with Crippen LogP contribution in [0.1, 0.15) is 19.8 Å². The van der Waals surface area contributed by atoms with Crippen molar-refractivity contribution in [3.05, 3.63) is 0 Å². The summed E-state index contributed by atoms with van der Waals surface area (Å²) in [5, 5.41) is 9.40. The van der Waals surface area contributed by atoms with Crippen molar-refractivity contribution in [3.8, 4) is 0 Å². The molecule has 0 radical (unpaired) electrons. The van der Waals surface area contributed by atoms with Gasteiger partial charge in [-0.1, -0.05) is 0 Å². The Bertz CT molecular complexity index is 206. The van der Waals surface area contributed by atoms with E-state index >= 15 is 0 Å². The van der Waals surface area contributed by atoms with Crippen LogP contribution in [0.2, 0.25) is 0 Å². The Morgan fingerprint density at radius 2 is 2.33 bits per heavy atom. The van der Waals surface area contributed by atoms with Crippen LogP contribution in [0.5, 0.6) is 0 Å². The van der Waals surface area contributed by atoms with E-state index < -0.39 is 6.29 Å². The zero-order valence-electron chi connectivity index (χ0n) is 7.06. The number of piperidine rings is 1. The molecule has 4 heteroatoms. The molecule has 0 aromatic heterocycles. The number of aliphatic hydroxyl groups excluding tert-OH is 1. The molecule has 3 saturated heterocycles. The van der Waals surface area contributed by atoms with Crippen molar-refractivity contribution in [1.29, 1.82) is 0 Å². The highest BCUT2D eigenvalue weighted by Gasteiger charge is 2.41. The molecule has 1 N–H and O–H groups in total. The average molecular weight is 171 g/mol. The lowest BCUT2D eigenvalue weighted by molar-refractivity contribution is -0.238. The van der Waals surface area contributed by atoms with Crippen LogP contribution in [0.3, 0.4) is 0 Å². The summed E-state index contributed by atoms with van der Waals surface area (Å²) in [6.07, 6.45) is 1.12. The third-order valence-electron chi connectivity index (χ3n) is 2.65. The number of hydrogen-bond donors (Lipinski definition) is 1. The second kappa shape index (κ2) is 2.71. The third-order valence-corrected chi connectivity index (χ3v) is 2.65. The highest BCUT2D eigenvalue weighted by atomic mass is 16.6. The van der Waals surface area contributed by atoms with Crippen LogP contribution in [0.15, 0.2) is 0 Å². The van der Waals surface area contributed by atoms with Crippen molar-refractivity contribution in [2.75, 3.05) is 6.54 Å². The van der Waals surface area contributed by atoms with Gasteiger partial charge in [-0.2, -0.15) is 0 Å². The van der Waals surface area contributed by atoms with E-state index in [9.17, 15) is 9.90 Å². The molecule has 3 atom stereocenters. The minimum Gasteiger partial charge on any atom is -0.366 e. The van der Waals surface area contributed by atoms with Crippen molar-refractivity contribution in [1.82, 2.24) is 4.90 Å². The summed E-state index contributed by atoms with van der Waals surface area (Å²) in [5.41, 5.74) is 0. The molecule has 0 aromatic rings. The summed E-state index contributed by atoms with van der Waals surface area (Å²) in [6.45, 7) is 2.18. The molecule has 0 spiro atoms. The molecule has 2 bridgehead atoms. The normalized spacial score (nSPS) is 40.2. The Morgan fingerprint density at radius 1 is 1.58 bits per heavy atom. The molecule has 3 aliphatic heterocycles. The molecule has 0 aromatic carbocycles. The largest absolute Gasteiger partial charge is 0.366 e. The quantitative estimate of drug-likeness (QED) is 0.545. The Morgan fingerprint density at radius 3 is 2.75 bits per heavy atom. The van der Waals surface area contributed by atoms with Crippen LogP contribution in [0, 0.1) is 0 Å². The van der Waals surface area contributed by atoms with Gasteiger partial charge in [-0.3, -0.25) is 4.79 Å². The Balaban J connectivity index is 2.14. The first-order valence-corrected chi connectivity index (χ1v) is 4.29. The van der Waals surface area contributed by atoms with Gasteiger partial charge in [-0.15, -0.1) is 0 Å². The van der Waals surface area contributed by atoms with Gasteiger partial charge in [-0.25, -0.2) is 0 Å². The number of amides is 1. The van der Waals surface area contributed by atoms with Gasteiger partial charge < -0.3 is 14.7 Å². The number of carbonyl (C=O) groups is 1. The molecule has 3 fully saturated rings. The molecule has 0 saturated carbocycles. The summed E-state index contributed by atoms with van der Waals surface area (Å²) < 4.78 is 5.23. The lowest BCUT2D eigenvalue weighted by Gasteiger charge is -2.47. The molecular formula is C8H13NO3. The average Bonchev–Trinajstić information content (AvgIpc) is 2.04. The van der Waals surface area contributed by atoms with Crippen LogP contribution in [0.4, 0.5) is 0 Å². The predicted octanol–water partition coefficient (Wildman–Crippen LogP) is -0.286. The van der Waals surface area contributed by atoms with Gasteiger partial charge in [0.05, 0.1) is 12.1 Å². The van der Waals surface area contributed by atoms with Crippen LogP contribution in [-0.4, -0.2) is 40.9 Å². The number of carbonyl (C=O) groups excluding carboxylic acids is 1. The standard InChI is InChI=1S/C8H13NO3/c1-5(10)9-4-6-2-3-7(9)8(11)12-6/h6-8,11H,2-4H2,1H3/t6-,7-,8?/m0/s1. The maximum atomic E-state index is 11.1. The Kier molecular flexibility index (Phi) is 1.81. The Labute approximate surface area is 71.1 Å². The van der Waals surface area contributed by atoms with Gasteiger partial charge in [0.1, 0.15) is 0 Å². The SMILES string of the molecule is CC(=O)N1C[C@@H]2CC[C@H]1C(O)O2. The minimum absolute atomic E-state index is 0.0343. The van der Waals surface area contributed by atoms with E-state index in [1.165, 1.54) is 6.92 Å². The zero-order valence-corrected chi connectivity index (χ0v) is 7.06. The van der Waals surface area contributed by atoms with Gasteiger partial charge in [-0.05, 0) is 12.8 Å². The molecule has 3 heterocycles. The van der Waals surface area contributed by atoms with Gasteiger partial charge >= 0.3 is 0 Å². The molecule has 3 aliphatic rings. The highest BCUT2D eigenvalue weighted by molar-refractivity contribution is 5.74. The summed E-state index contributed by atoms with van der Waals surface area (Å²) in [5.74, 6) is 0.0343. The van der Waals surface area contributed by atoms with Crippen molar-refractivity contribution in [3.63, 3.8) is 0 Å². The van der Waals surface area contributed by atoms with E-state index in [1.807, 2.05) is 0 Å². The minimum atomic E-state index is -0.763. The number of hydrogen-bond acceptors (Lipinski definition) is 3.